The minimum absolute atomic E-state index is 0.0943. The summed E-state index contributed by atoms with van der Waals surface area (Å²) in [6.45, 7) is 2.58. The molecule has 0 aliphatic rings. The number of nitrogens with zero attached hydrogens (tertiary/aromatic N) is 2. The maximum Gasteiger partial charge on any atom is 0.240 e. The van der Waals surface area contributed by atoms with Crippen LogP contribution in [0.4, 0.5) is 5.69 Å². The monoisotopic (exact) mass is 614 g/mol. The van der Waals surface area contributed by atoms with Crippen LogP contribution in [0.2, 0.25) is 5.02 Å². The average Bonchev–Trinajstić information content (AvgIpc) is 3.48. The van der Waals surface area contributed by atoms with E-state index < -0.39 is 10.0 Å². The van der Waals surface area contributed by atoms with Crippen LogP contribution in [0, 0.1) is 0 Å². The lowest BCUT2D eigenvalue weighted by atomic mass is 9.98. The summed E-state index contributed by atoms with van der Waals surface area (Å²) < 4.78 is 27.4. The van der Waals surface area contributed by atoms with Crippen LogP contribution in [0.25, 0.3) is 22.6 Å². The molecule has 222 valence electrons. The molecular weight excluding hydrogens is 580 g/mol. The lowest BCUT2D eigenvalue weighted by Gasteiger charge is -2.34. The topological polar surface area (TPSA) is 98.3 Å². The molecular formula is C34H35ClN4O3S. The predicted molar refractivity (Wildman–Crippen MR) is 174 cm³/mol. The van der Waals surface area contributed by atoms with Crippen LogP contribution in [0.15, 0.2) is 108 Å². The van der Waals surface area contributed by atoms with E-state index in [0.29, 0.717) is 11.6 Å². The van der Waals surface area contributed by atoms with Gasteiger partial charge in [-0.25, -0.2) is 18.1 Å². The van der Waals surface area contributed by atoms with Crippen LogP contribution in [0.3, 0.4) is 0 Å². The van der Waals surface area contributed by atoms with E-state index in [2.05, 4.69) is 33.7 Å². The van der Waals surface area contributed by atoms with E-state index in [0.717, 1.165) is 58.9 Å². The summed E-state index contributed by atoms with van der Waals surface area (Å²) in [4.78, 5) is 11.2. The number of aromatic amines is 1. The lowest BCUT2D eigenvalue weighted by Crippen LogP contribution is -2.29. The fourth-order valence-corrected chi connectivity index (χ4v) is 6.16. The maximum absolute atomic E-state index is 12.5. The van der Waals surface area contributed by atoms with Gasteiger partial charge >= 0.3 is 0 Å². The highest BCUT2D eigenvalue weighted by Crippen LogP contribution is 2.39. The number of nitrogens with one attached hydrogen (secondary N) is 2. The van der Waals surface area contributed by atoms with Crippen molar-refractivity contribution in [2.24, 2.45) is 0 Å². The van der Waals surface area contributed by atoms with E-state index in [1.165, 1.54) is 13.1 Å². The van der Waals surface area contributed by atoms with Crippen molar-refractivity contribution in [1.29, 1.82) is 0 Å². The number of phenols is 1. The Balaban J connectivity index is 1.70. The van der Waals surface area contributed by atoms with Gasteiger partial charge in [0.25, 0.3) is 0 Å². The van der Waals surface area contributed by atoms with Crippen molar-refractivity contribution < 1.29 is 13.5 Å². The molecule has 43 heavy (non-hydrogen) atoms. The molecule has 7 nitrogen and oxygen atoms in total. The van der Waals surface area contributed by atoms with Gasteiger partial charge in [0.1, 0.15) is 11.6 Å². The second kappa shape index (κ2) is 13.5. The number of imidazole rings is 1. The molecule has 0 saturated carbocycles. The Morgan fingerprint density at radius 1 is 0.930 bits per heavy atom. The van der Waals surface area contributed by atoms with Gasteiger partial charge in [0.2, 0.25) is 10.0 Å². The van der Waals surface area contributed by atoms with E-state index in [9.17, 15) is 13.5 Å². The van der Waals surface area contributed by atoms with Gasteiger partial charge in [-0.2, -0.15) is 0 Å². The fraction of sp³-hybridized carbons (Fsp3) is 0.206. The Kier molecular flexibility index (Phi) is 9.50. The number of phenolic OH excluding ortho intramolecular Hbond substituents is 1. The summed E-state index contributed by atoms with van der Waals surface area (Å²) in [6, 6.07) is 31.9. The summed E-state index contributed by atoms with van der Waals surface area (Å²) in [5, 5.41) is 10.5. The quantitative estimate of drug-likeness (QED) is 0.132. The highest BCUT2D eigenvalue weighted by atomic mass is 35.5. The number of sulfonamides is 1. The van der Waals surface area contributed by atoms with E-state index in [1.54, 1.807) is 18.2 Å². The van der Waals surface area contributed by atoms with Crippen molar-refractivity contribution in [3.8, 4) is 28.4 Å². The molecule has 0 amide bonds. The maximum atomic E-state index is 12.5. The molecule has 1 heterocycles. The third kappa shape index (κ3) is 6.94. The summed E-state index contributed by atoms with van der Waals surface area (Å²) in [5.41, 5.74) is 5.45. The first-order chi connectivity index (χ1) is 20.8. The number of aromatic hydroxyl groups is 1. The highest BCUT2D eigenvalue weighted by molar-refractivity contribution is 7.89. The molecule has 0 radical (unpaired) electrons. The molecule has 5 rings (SSSR count). The first-order valence-electron chi connectivity index (χ1n) is 14.3. The van der Waals surface area contributed by atoms with Gasteiger partial charge < -0.3 is 15.0 Å². The summed E-state index contributed by atoms with van der Waals surface area (Å²) in [5.74, 6) is 0.867. The standard InChI is InChI=1S/C34H35ClN4O3S/c1-3-4-15-31(33-32(24-11-7-5-8-12-24)37-34(38-33)25-13-9-6-10-14-25)39(23-26-16-19-28(40)22-30(26)35)27-17-20-29(21-18-27)43(41,42)36-2/h5-14,16-22,31,36,40H,3-4,15,23H2,1-2H3,(H,37,38)/t31-/m0/s1. The molecule has 5 aromatic rings. The molecule has 4 aromatic carbocycles. The zero-order valence-electron chi connectivity index (χ0n) is 24.2. The van der Waals surface area contributed by atoms with Gasteiger partial charge in [0.15, 0.2) is 0 Å². The Hall–Kier alpha value is -4.11. The zero-order valence-corrected chi connectivity index (χ0v) is 25.7. The van der Waals surface area contributed by atoms with Crippen molar-refractivity contribution in [2.75, 3.05) is 11.9 Å². The molecule has 0 saturated heterocycles. The Morgan fingerprint density at radius 3 is 2.19 bits per heavy atom. The molecule has 9 heteroatoms. The number of rotatable bonds is 12. The number of benzene rings is 4. The van der Waals surface area contributed by atoms with E-state index in [4.69, 9.17) is 16.6 Å². The third-order valence-electron chi connectivity index (χ3n) is 7.49. The summed E-state index contributed by atoms with van der Waals surface area (Å²) in [6.07, 6.45) is 2.74. The largest absolute Gasteiger partial charge is 0.508 e. The molecule has 0 fully saturated rings. The number of anilines is 1. The SMILES string of the molecule is CCCC[C@@H](c1[nH]c(-c2ccccc2)nc1-c1ccccc1)N(Cc1ccc(O)cc1Cl)c1ccc(S(=O)(=O)NC)cc1. The molecule has 1 aromatic heterocycles. The van der Waals surface area contributed by atoms with Crippen molar-refractivity contribution >= 4 is 27.3 Å². The van der Waals surface area contributed by atoms with Gasteiger partial charge in [-0.3, -0.25) is 0 Å². The van der Waals surface area contributed by atoms with Crippen molar-refractivity contribution in [3.63, 3.8) is 0 Å². The number of halogens is 1. The normalized spacial score (nSPS) is 12.3. The molecule has 0 bridgehead atoms. The second-order valence-corrected chi connectivity index (χ2v) is 12.6. The number of H-pyrrole nitrogens is 1. The Bertz CT molecular complexity index is 1760. The molecule has 0 aliphatic carbocycles. The zero-order chi connectivity index (χ0) is 30.4. The second-order valence-electron chi connectivity index (χ2n) is 10.3. The van der Waals surface area contributed by atoms with Crippen LogP contribution in [0.5, 0.6) is 5.75 Å². The smallest absolute Gasteiger partial charge is 0.240 e. The molecule has 0 spiro atoms. The molecule has 1 atom stereocenters. The highest BCUT2D eigenvalue weighted by Gasteiger charge is 2.28. The van der Waals surface area contributed by atoms with Gasteiger partial charge in [-0.05, 0) is 55.4 Å². The first-order valence-corrected chi connectivity index (χ1v) is 16.1. The Labute approximate surface area is 258 Å². The van der Waals surface area contributed by atoms with E-state index >= 15 is 0 Å². The summed E-state index contributed by atoms with van der Waals surface area (Å²) in [7, 11) is -2.20. The summed E-state index contributed by atoms with van der Waals surface area (Å²) >= 11 is 6.64. The molecule has 0 unspecified atom stereocenters. The lowest BCUT2D eigenvalue weighted by molar-refractivity contribution is 0.475. The van der Waals surface area contributed by atoms with Crippen molar-refractivity contribution in [2.45, 2.75) is 43.7 Å². The van der Waals surface area contributed by atoms with Crippen LogP contribution >= 0.6 is 11.6 Å². The number of hydrogen-bond donors (Lipinski definition) is 3. The van der Waals surface area contributed by atoms with Crippen LogP contribution in [0.1, 0.15) is 43.5 Å². The molecule has 3 N–H and O–H groups in total. The van der Waals surface area contributed by atoms with E-state index in [1.807, 2.05) is 66.7 Å². The van der Waals surface area contributed by atoms with Crippen LogP contribution in [-0.4, -0.2) is 30.5 Å². The third-order valence-corrected chi connectivity index (χ3v) is 9.27. The van der Waals surface area contributed by atoms with Crippen LogP contribution < -0.4 is 9.62 Å². The van der Waals surface area contributed by atoms with E-state index in [-0.39, 0.29) is 16.7 Å². The first kappa shape index (κ1) is 30.4. The molecule has 0 aliphatic heterocycles. The van der Waals surface area contributed by atoms with Crippen molar-refractivity contribution in [1.82, 2.24) is 14.7 Å². The van der Waals surface area contributed by atoms with Crippen LogP contribution in [-0.2, 0) is 16.6 Å². The predicted octanol–water partition coefficient (Wildman–Crippen LogP) is 7.95. The van der Waals surface area contributed by atoms with Gasteiger partial charge in [0, 0.05) is 28.4 Å². The Morgan fingerprint density at radius 2 is 1.58 bits per heavy atom. The van der Waals surface area contributed by atoms with Gasteiger partial charge in [-0.15, -0.1) is 0 Å². The minimum Gasteiger partial charge on any atom is -0.508 e. The number of unbranched alkanes of at least 4 members (excludes halogenated alkanes) is 1. The number of hydrogen-bond acceptors (Lipinski definition) is 5. The fourth-order valence-electron chi connectivity index (χ4n) is 5.19. The van der Waals surface area contributed by atoms with Gasteiger partial charge in [-0.1, -0.05) is 98.1 Å². The van der Waals surface area contributed by atoms with Gasteiger partial charge in [0.05, 0.1) is 22.3 Å². The average molecular weight is 615 g/mol. The minimum atomic E-state index is -3.60. The number of aromatic nitrogens is 2. The van der Waals surface area contributed by atoms with Crippen molar-refractivity contribution in [3.05, 3.63) is 119 Å².